The van der Waals surface area contributed by atoms with Crippen LogP contribution in [-0.2, 0) is 9.59 Å². The first-order valence-corrected chi connectivity index (χ1v) is 6.09. The zero-order valence-corrected chi connectivity index (χ0v) is 10.5. The third-order valence-electron chi connectivity index (χ3n) is 2.27. The lowest BCUT2D eigenvalue weighted by atomic mass is 10.3. The minimum absolute atomic E-state index is 0.0910. The second-order valence-electron chi connectivity index (χ2n) is 3.89. The van der Waals surface area contributed by atoms with Gasteiger partial charge >= 0.3 is 0 Å². The summed E-state index contributed by atoms with van der Waals surface area (Å²) >= 11 is 0. The summed E-state index contributed by atoms with van der Waals surface area (Å²) in [6.45, 7) is 2.64. The highest BCUT2D eigenvalue weighted by Crippen LogP contribution is 2.02. The Hall–Kier alpha value is -2.04. The van der Waals surface area contributed by atoms with Crippen molar-refractivity contribution in [3.8, 4) is 0 Å². The average Bonchev–Trinajstić information content (AvgIpc) is 2.41. The summed E-state index contributed by atoms with van der Waals surface area (Å²) in [5.74, 6) is -0.294. The molecule has 0 aromatic heterocycles. The Bertz CT molecular complexity index is 379. The number of hydrogen-bond donors (Lipinski definition) is 3. The van der Waals surface area contributed by atoms with Crippen LogP contribution in [-0.4, -0.2) is 18.4 Å². The van der Waals surface area contributed by atoms with Crippen molar-refractivity contribution in [1.82, 2.24) is 10.7 Å². The molecule has 0 radical (unpaired) electrons. The first-order chi connectivity index (χ1) is 8.72. The fourth-order valence-corrected chi connectivity index (χ4v) is 1.31. The van der Waals surface area contributed by atoms with Crippen molar-refractivity contribution in [1.29, 1.82) is 0 Å². The van der Waals surface area contributed by atoms with Gasteiger partial charge in [-0.15, -0.1) is 0 Å². The minimum Gasteiger partial charge on any atom is -0.356 e. The lowest BCUT2D eigenvalue weighted by molar-refractivity contribution is -0.126. The number of rotatable bonds is 7. The largest absolute Gasteiger partial charge is 0.356 e. The Morgan fingerprint density at radius 1 is 1.06 bits per heavy atom. The minimum atomic E-state index is -0.203. The molecule has 0 fully saturated rings. The van der Waals surface area contributed by atoms with Crippen LogP contribution >= 0.6 is 0 Å². The number of anilines is 1. The van der Waals surface area contributed by atoms with Gasteiger partial charge in [0.05, 0.1) is 5.69 Å². The van der Waals surface area contributed by atoms with Crippen molar-refractivity contribution in [3.63, 3.8) is 0 Å². The molecule has 0 unspecified atom stereocenters. The number of hydrazine groups is 1. The maximum atomic E-state index is 11.4. The van der Waals surface area contributed by atoms with E-state index in [2.05, 4.69) is 16.2 Å². The molecular formula is C13H19N3O2. The summed E-state index contributed by atoms with van der Waals surface area (Å²) in [5, 5.41) is 2.72. The first kappa shape index (κ1) is 14.0. The van der Waals surface area contributed by atoms with Gasteiger partial charge in [0.1, 0.15) is 0 Å². The molecule has 5 heteroatoms. The van der Waals surface area contributed by atoms with Crippen LogP contribution in [0.2, 0.25) is 0 Å². The maximum absolute atomic E-state index is 11.4. The Balaban J connectivity index is 2.16. The molecule has 1 rings (SSSR count). The molecule has 2 amide bonds. The van der Waals surface area contributed by atoms with Crippen molar-refractivity contribution >= 4 is 17.5 Å². The quantitative estimate of drug-likeness (QED) is 0.640. The van der Waals surface area contributed by atoms with E-state index in [1.807, 2.05) is 37.3 Å². The van der Waals surface area contributed by atoms with Gasteiger partial charge in [0, 0.05) is 19.4 Å². The fraction of sp³-hybridized carbons (Fsp3) is 0.385. The van der Waals surface area contributed by atoms with Crippen LogP contribution in [0.25, 0.3) is 0 Å². The lowest BCUT2D eigenvalue weighted by Gasteiger charge is -2.08. The van der Waals surface area contributed by atoms with E-state index in [9.17, 15) is 9.59 Å². The number of carbonyl (C=O) groups is 2. The smallest absolute Gasteiger partial charge is 0.238 e. The summed E-state index contributed by atoms with van der Waals surface area (Å²) in [7, 11) is 0. The van der Waals surface area contributed by atoms with E-state index in [0.29, 0.717) is 6.54 Å². The third kappa shape index (κ3) is 5.89. The van der Waals surface area contributed by atoms with Gasteiger partial charge in [0.2, 0.25) is 11.8 Å². The predicted molar refractivity (Wildman–Crippen MR) is 70.7 cm³/mol. The molecule has 18 heavy (non-hydrogen) atoms. The van der Waals surface area contributed by atoms with Crippen molar-refractivity contribution in [2.24, 2.45) is 0 Å². The summed E-state index contributed by atoms with van der Waals surface area (Å²) in [4.78, 5) is 22.7. The van der Waals surface area contributed by atoms with Crippen molar-refractivity contribution in [2.45, 2.75) is 26.2 Å². The Morgan fingerprint density at radius 3 is 2.39 bits per heavy atom. The molecule has 5 nitrogen and oxygen atoms in total. The number of nitrogens with one attached hydrogen (secondary N) is 3. The zero-order valence-electron chi connectivity index (χ0n) is 10.5. The fourth-order valence-electron chi connectivity index (χ4n) is 1.31. The second-order valence-corrected chi connectivity index (χ2v) is 3.89. The molecule has 0 bridgehead atoms. The number of hydrogen-bond acceptors (Lipinski definition) is 3. The molecule has 1 aromatic rings. The van der Waals surface area contributed by atoms with Crippen molar-refractivity contribution in [2.75, 3.05) is 12.0 Å². The van der Waals surface area contributed by atoms with Crippen LogP contribution in [0.5, 0.6) is 0 Å². The average molecular weight is 249 g/mol. The molecule has 0 aliphatic heterocycles. The van der Waals surface area contributed by atoms with Gasteiger partial charge in [-0.3, -0.25) is 20.4 Å². The van der Waals surface area contributed by atoms with Gasteiger partial charge in [-0.1, -0.05) is 25.1 Å². The molecule has 0 heterocycles. The van der Waals surface area contributed by atoms with Gasteiger partial charge in [0.25, 0.3) is 0 Å². The molecule has 0 saturated carbocycles. The predicted octanol–water partition coefficient (Wildman–Crippen LogP) is 1.44. The van der Waals surface area contributed by atoms with Gasteiger partial charge in [0.15, 0.2) is 0 Å². The van der Waals surface area contributed by atoms with E-state index in [-0.39, 0.29) is 24.7 Å². The molecule has 0 spiro atoms. The van der Waals surface area contributed by atoms with Crippen LogP contribution in [0.1, 0.15) is 26.2 Å². The zero-order chi connectivity index (χ0) is 13.2. The van der Waals surface area contributed by atoms with Gasteiger partial charge in [-0.2, -0.15) is 0 Å². The van der Waals surface area contributed by atoms with Crippen LogP contribution in [0, 0.1) is 0 Å². The van der Waals surface area contributed by atoms with E-state index in [0.717, 1.165) is 12.1 Å². The molecular weight excluding hydrogens is 230 g/mol. The normalized spacial score (nSPS) is 9.61. The van der Waals surface area contributed by atoms with Crippen molar-refractivity contribution in [3.05, 3.63) is 30.3 Å². The standard InChI is InChI=1S/C13H19N3O2/c1-2-10-14-12(17)8-9-13(18)16-15-11-6-4-3-5-7-11/h3-7,15H,2,8-10H2,1H3,(H,14,17)(H,16,18). The first-order valence-electron chi connectivity index (χ1n) is 6.09. The van der Waals surface area contributed by atoms with E-state index in [1.165, 1.54) is 0 Å². The highest BCUT2D eigenvalue weighted by molar-refractivity contribution is 5.84. The highest BCUT2D eigenvalue weighted by atomic mass is 16.2. The number of amides is 2. The monoisotopic (exact) mass is 249 g/mol. The van der Waals surface area contributed by atoms with Crippen LogP contribution in [0.3, 0.4) is 0 Å². The number of benzene rings is 1. The molecule has 0 aliphatic carbocycles. The SMILES string of the molecule is CCCNC(=O)CCC(=O)NNc1ccccc1. The van der Waals surface area contributed by atoms with E-state index < -0.39 is 0 Å². The Morgan fingerprint density at radius 2 is 1.72 bits per heavy atom. The van der Waals surface area contributed by atoms with Gasteiger partial charge in [-0.05, 0) is 18.6 Å². The molecule has 1 aromatic carbocycles. The van der Waals surface area contributed by atoms with Crippen LogP contribution in [0.15, 0.2) is 30.3 Å². The highest BCUT2D eigenvalue weighted by Gasteiger charge is 2.05. The van der Waals surface area contributed by atoms with Crippen LogP contribution < -0.4 is 16.2 Å². The van der Waals surface area contributed by atoms with E-state index in [4.69, 9.17) is 0 Å². The van der Waals surface area contributed by atoms with E-state index >= 15 is 0 Å². The van der Waals surface area contributed by atoms with E-state index in [1.54, 1.807) is 0 Å². The van der Waals surface area contributed by atoms with Gasteiger partial charge in [-0.25, -0.2) is 0 Å². The summed E-state index contributed by atoms with van der Waals surface area (Å²) < 4.78 is 0. The molecule has 0 saturated heterocycles. The Labute approximate surface area is 107 Å². The topological polar surface area (TPSA) is 70.2 Å². The van der Waals surface area contributed by atoms with Crippen molar-refractivity contribution < 1.29 is 9.59 Å². The van der Waals surface area contributed by atoms with Gasteiger partial charge < -0.3 is 5.32 Å². The Kier molecular flexibility index (Phi) is 6.32. The number of para-hydroxylation sites is 1. The van der Waals surface area contributed by atoms with Crippen LogP contribution in [0.4, 0.5) is 5.69 Å². The number of carbonyl (C=O) groups excluding carboxylic acids is 2. The maximum Gasteiger partial charge on any atom is 0.238 e. The molecule has 0 aliphatic rings. The molecule has 3 N–H and O–H groups in total. The molecule has 0 atom stereocenters. The molecule has 98 valence electrons. The lowest BCUT2D eigenvalue weighted by Crippen LogP contribution is -2.31. The summed E-state index contributed by atoms with van der Waals surface area (Å²) in [6.07, 6.45) is 1.28. The third-order valence-corrected chi connectivity index (χ3v) is 2.27. The second kappa shape index (κ2) is 8.11. The summed E-state index contributed by atoms with van der Waals surface area (Å²) in [5.41, 5.74) is 6.13. The summed E-state index contributed by atoms with van der Waals surface area (Å²) in [6, 6.07) is 9.31.